The standard InChI is InChI=1S/C31H33N5O4/c1-20(2)36-26-11-7-6-10-25(26)27(21-8-4-3-5-9-21)33-28(29(36)37)34-31(40)32-23-12-14-24(15-13-23)35-18-16-22(17-19-35)30(38)39/h3-15,20,22,28H,16-19H2,1-2H3,(H,38,39)(H2,32,34,40). The Bertz CT molecular complexity index is 1410. The molecule has 0 saturated carbocycles. The van der Waals surface area contributed by atoms with Gasteiger partial charge in [-0.3, -0.25) is 9.59 Å². The topological polar surface area (TPSA) is 114 Å². The third-order valence-electron chi connectivity index (χ3n) is 7.31. The minimum atomic E-state index is -1.13. The van der Waals surface area contributed by atoms with Crippen molar-refractivity contribution < 1.29 is 19.5 Å². The van der Waals surface area contributed by atoms with Crippen molar-refractivity contribution in [3.63, 3.8) is 0 Å². The van der Waals surface area contributed by atoms with Gasteiger partial charge in [0.2, 0.25) is 6.17 Å². The van der Waals surface area contributed by atoms with E-state index < -0.39 is 18.2 Å². The van der Waals surface area contributed by atoms with Crippen LogP contribution in [-0.4, -0.2) is 54.0 Å². The number of hydrogen-bond acceptors (Lipinski definition) is 5. The van der Waals surface area contributed by atoms with Crippen molar-refractivity contribution in [2.24, 2.45) is 10.9 Å². The second kappa shape index (κ2) is 11.6. The number of aliphatic carboxylic acids is 1. The predicted molar refractivity (Wildman–Crippen MR) is 156 cm³/mol. The van der Waals surface area contributed by atoms with Crippen LogP contribution in [0.1, 0.15) is 37.8 Å². The van der Waals surface area contributed by atoms with Gasteiger partial charge in [0.1, 0.15) is 0 Å². The number of carbonyl (C=O) groups is 3. The molecule has 2 heterocycles. The monoisotopic (exact) mass is 539 g/mol. The predicted octanol–water partition coefficient (Wildman–Crippen LogP) is 4.73. The maximum absolute atomic E-state index is 13.7. The molecule has 5 rings (SSSR count). The number of nitrogens with zero attached hydrogens (tertiary/aromatic N) is 3. The Labute approximate surface area is 233 Å². The molecule has 0 spiro atoms. The van der Waals surface area contributed by atoms with E-state index in [9.17, 15) is 19.5 Å². The number of piperidine rings is 1. The largest absolute Gasteiger partial charge is 0.481 e. The molecule has 2 aliphatic rings. The molecule has 1 fully saturated rings. The highest BCUT2D eigenvalue weighted by atomic mass is 16.4. The molecule has 9 heteroatoms. The van der Waals surface area contributed by atoms with Gasteiger partial charge in [0.15, 0.2) is 0 Å². The highest BCUT2D eigenvalue weighted by Crippen LogP contribution is 2.30. The van der Waals surface area contributed by atoms with Gasteiger partial charge in [-0.2, -0.15) is 0 Å². The van der Waals surface area contributed by atoms with Crippen LogP contribution in [0.25, 0.3) is 0 Å². The highest BCUT2D eigenvalue weighted by molar-refractivity contribution is 6.20. The fourth-order valence-corrected chi connectivity index (χ4v) is 5.27. The summed E-state index contributed by atoms with van der Waals surface area (Å²) < 4.78 is 0. The van der Waals surface area contributed by atoms with Gasteiger partial charge >= 0.3 is 12.0 Å². The number of amides is 3. The number of urea groups is 1. The molecule has 3 aromatic carbocycles. The minimum Gasteiger partial charge on any atom is -0.481 e. The zero-order chi connectivity index (χ0) is 28.2. The number of rotatable bonds is 6. The van der Waals surface area contributed by atoms with Gasteiger partial charge in [0, 0.05) is 41.6 Å². The van der Waals surface area contributed by atoms with Crippen LogP contribution in [0, 0.1) is 5.92 Å². The van der Waals surface area contributed by atoms with Crippen LogP contribution in [0.2, 0.25) is 0 Å². The Morgan fingerprint density at radius 3 is 2.23 bits per heavy atom. The number of nitrogens with one attached hydrogen (secondary N) is 2. The lowest BCUT2D eigenvalue weighted by molar-refractivity contribution is -0.142. The minimum absolute atomic E-state index is 0.153. The van der Waals surface area contributed by atoms with E-state index in [-0.39, 0.29) is 17.9 Å². The average molecular weight is 540 g/mol. The summed E-state index contributed by atoms with van der Waals surface area (Å²) in [4.78, 5) is 46.7. The molecule has 9 nitrogen and oxygen atoms in total. The number of fused-ring (bicyclic) bond motifs is 1. The summed E-state index contributed by atoms with van der Waals surface area (Å²) in [6.07, 6.45) is 0.0889. The quantitative estimate of drug-likeness (QED) is 0.419. The molecule has 0 radical (unpaired) electrons. The van der Waals surface area contributed by atoms with Gasteiger partial charge in [0.05, 0.1) is 17.3 Å². The van der Waals surface area contributed by atoms with Gasteiger partial charge in [-0.1, -0.05) is 48.5 Å². The maximum atomic E-state index is 13.7. The Morgan fingerprint density at radius 1 is 0.925 bits per heavy atom. The van der Waals surface area contributed by atoms with Gasteiger partial charge in [-0.15, -0.1) is 0 Å². The number of aliphatic imine (C=N–C) groups is 1. The maximum Gasteiger partial charge on any atom is 0.321 e. The zero-order valence-corrected chi connectivity index (χ0v) is 22.6. The van der Waals surface area contributed by atoms with Crippen LogP contribution in [-0.2, 0) is 9.59 Å². The van der Waals surface area contributed by atoms with Crippen molar-refractivity contribution in [3.05, 3.63) is 90.0 Å². The number of benzene rings is 3. The van der Waals surface area contributed by atoms with E-state index in [2.05, 4.69) is 15.5 Å². The first-order valence-corrected chi connectivity index (χ1v) is 13.5. The summed E-state index contributed by atoms with van der Waals surface area (Å²) in [5.41, 5.74) is 4.59. The molecule has 0 aliphatic carbocycles. The van der Waals surface area contributed by atoms with Crippen molar-refractivity contribution in [1.29, 1.82) is 0 Å². The Hall–Kier alpha value is -4.66. The Kier molecular flexibility index (Phi) is 7.82. The van der Waals surface area contributed by atoms with Crippen molar-refractivity contribution in [3.8, 4) is 0 Å². The number of para-hydroxylation sites is 1. The van der Waals surface area contributed by atoms with E-state index in [0.29, 0.717) is 37.3 Å². The van der Waals surface area contributed by atoms with Gasteiger partial charge < -0.3 is 25.5 Å². The summed E-state index contributed by atoms with van der Waals surface area (Å²) in [6.45, 7) is 5.21. The van der Waals surface area contributed by atoms with E-state index in [1.54, 1.807) is 17.0 Å². The molecule has 0 bridgehead atoms. The lowest BCUT2D eigenvalue weighted by Gasteiger charge is -2.32. The zero-order valence-electron chi connectivity index (χ0n) is 22.6. The third kappa shape index (κ3) is 5.68. The number of benzodiazepines with no additional fused rings is 1. The van der Waals surface area contributed by atoms with Crippen molar-refractivity contribution in [2.75, 3.05) is 28.2 Å². The van der Waals surface area contributed by atoms with Crippen molar-refractivity contribution in [1.82, 2.24) is 5.32 Å². The SMILES string of the molecule is CC(C)N1C(=O)C(NC(=O)Nc2ccc(N3CCC(C(=O)O)CC3)cc2)N=C(c2ccccc2)c2ccccc21. The Morgan fingerprint density at radius 2 is 1.57 bits per heavy atom. The molecule has 206 valence electrons. The molecule has 1 unspecified atom stereocenters. The lowest BCUT2D eigenvalue weighted by Crippen LogP contribution is -2.50. The van der Waals surface area contributed by atoms with E-state index in [4.69, 9.17) is 4.99 Å². The molecule has 2 aliphatic heterocycles. The fourth-order valence-electron chi connectivity index (χ4n) is 5.27. The first kappa shape index (κ1) is 26.9. The lowest BCUT2D eigenvalue weighted by atomic mass is 9.97. The van der Waals surface area contributed by atoms with Crippen LogP contribution in [0.5, 0.6) is 0 Å². The van der Waals surface area contributed by atoms with Crippen LogP contribution in [0.3, 0.4) is 0 Å². The van der Waals surface area contributed by atoms with Crippen molar-refractivity contribution >= 4 is 40.7 Å². The van der Waals surface area contributed by atoms with Gasteiger partial charge in [0.25, 0.3) is 5.91 Å². The molecule has 1 saturated heterocycles. The number of carboxylic acid groups (broad SMARTS) is 1. The smallest absolute Gasteiger partial charge is 0.321 e. The number of anilines is 3. The van der Waals surface area contributed by atoms with Crippen LogP contribution >= 0.6 is 0 Å². The Balaban J connectivity index is 1.34. The summed E-state index contributed by atoms with van der Waals surface area (Å²) in [7, 11) is 0. The molecule has 0 aromatic heterocycles. The first-order chi connectivity index (χ1) is 19.3. The molecule has 1 atom stereocenters. The van der Waals surface area contributed by atoms with E-state index in [1.165, 1.54) is 0 Å². The van der Waals surface area contributed by atoms with Gasteiger partial charge in [-0.05, 0) is 57.0 Å². The van der Waals surface area contributed by atoms with Crippen LogP contribution in [0.4, 0.5) is 21.9 Å². The van der Waals surface area contributed by atoms with Crippen molar-refractivity contribution in [2.45, 2.75) is 38.9 Å². The van der Waals surface area contributed by atoms with Crippen LogP contribution in [0.15, 0.2) is 83.9 Å². The molecule has 3 N–H and O–H groups in total. The summed E-state index contributed by atoms with van der Waals surface area (Å²) in [5, 5.41) is 14.8. The second-order valence-electron chi connectivity index (χ2n) is 10.3. The van der Waals surface area contributed by atoms with Crippen LogP contribution < -0.4 is 20.4 Å². The average Bonchev–Trinajstić information content (AvgIpc) is 3.08. The second-order valence-corrected chi connectivity index (χ2v) is 10.3. The molecule has 3 aromatic rings. The number of carbonyl (C=O) groups excluding carboxylic acids is 2. The molecule has 3 amide bonds. The highest BCUT2D eigenvalue weighted by Gasteiger charge is 2.34. The summed E-state index contributed by atoms with van der Waals surface area (Å²) in [5.74, 6) is -1.35. The van der Waals surface area contributed by atoms with E-state index >= 15 is 0 Å². The fraction of sp³-hybridized carbons (Fsp3) is 0.290. The summed E-state index contributed by atoms with van der Waals surface area (Å²) in [6, 6.07) is 24.0. The van der Waals surface area contributed by atoms with E-state index in [1.807, 2.05) is 80.6 Å². The number of hydrogen-bond donors (Lipinski definition) is 3. The number of carboxylic acids is 1. The summed E-state index contributed by atoms with van der Waals surface area (Å²) >= 11 is 0. The first-order valence-electron chi connectivity index (χ1n) is 13.5. The normalized spacial score (nSPS) is 17.6. The molecular weight excluding hydrogens is 506 g/mol. The van der Waals surface area contributed by atoms with E-state index in [0.717, 1.165) is 22.5 Å². The third-order valence-corrected chi connectivity index (χ3v) is 7.31. The van der Waals surface area contributed by atoms with Gasteiger partial charge in [-0.25, -0.2) is 9.79 Å². The molecule has 40 heavy (non-hydrogen) atoms. The molecular formula is C31H33N5O4.